The van der Waals surface area contributed by atoms with Gasteiger partial charge in [0.05, 0.1) is 5.69 Å². The Hall–Kier alpha value is -0.870. The summed E-state index contributed by atoms with van der Waals surface area (Å²) >= 11 is 0. The first kappa shape index (κ1) is 9.68. The normalized spacial score (nSPS) is 32.4. The fourth-order valence-corrected chi connectivity index (χ4v) is 2.27. The summed E-state index contributed by atoms with van der Waals surface area (Å²) in [6, 6.07) is 2.02. The van der Waals surface area contributed by atoms with Gasteiger partial charge in [-0.2, -0.15) is 5.10 Å². The van der Waals surface area contributed by atoms with E-state index in [0.29, 0.717) is 6.42 Å². The molecule has 0 aromatic carbocycles. The molecule has 0 spiro atoms. The molecular formula is C10H17N3O. The molecular weight excluding hydrogens is 178 g/mol. The fourth-order valence-electron chi connectivity index (χ4n) is 2.27. The van der Waals surface area contributed by atoms with E-state index >= 15 is 0 Å². The summed E-state index contributed by atoms with van der Waals surface area (Å²) < 4.78 is 1.85. The Labute approximate surface area is 83.7 Å². The van der Waals surface area contributed by atoms with Crippen molar-refractivity contribution in [3.63, 3.8) is 0 Å². The molecule has 1 aromatic rings. The van der Waals surface area contributed by atoms with Gasteiger partial charge in [-0.3, -0.25) is 4.68 Å². The highest BCUT2D eigenvalue weighted by Crippen LogP contribution is 2.37. The maximum absolute atomic E-state index is 10.4. The molecule has 0 saturated heterocycles. The van der Waals surface area contributed by atoms with E-state index in [1.54, 1.807) is 6.20 Å². The predicted molar refractivity (Wildman–Crippen MR) is 53.6 cm³/mol. The molecule has 0 amide bonds. The Morgan fingerprint density at radius 3 is 3.14 bits per heavy atom. The lowest BCUT2D eigenvalue weighted by Gasteiger charge is -2.23. The number of nitrogens with two attached hydrogens (primary N) is 1. The standard InChI is InChI=1S/C10H17N3O/c1-2-13-9(4-6-12-13)10(14)5-3-8(11)7-10/h4,6,8,14H,2-3,5,7,11H2,1H3. The monoisotopic (exact) mass is 195 g/mol. The van der Waals surface area contributed by atoms with Gasteiger partial charge in [0.15, 0.2) is 0 Å². The Morgan fingerprint density at radius 1 is 1.79 bits per heavy atom. The summed E-state index contributed by atoms with van der Waals surface area (Å²) in [5.41, 5.74) is 5.98. The second-order valence-corrected chi connectivity index (χ2v) is 4.07. The number of aliphatic hydroxyl groups is 1. The van der Waals surface area contributed by atoms with Gasteiger partial charge in [-0.15, -0.1) is 0 Å². The number of nitrogens with zero attached hydrogens (tertiary/aromatic N) is 2. The molecule has 4 heteroatoms. The van der Waals surface area contributed by atoms with Crippen molar-refractivity contribution in [1.82, 2.24) is 9.78 Å². The van der Waals surface area contributed by atoms with Gasteiger partial charge in [-0.1, -0.05) is 0 Å². The largest absolute Gasteiger partial charge is 0.384 e. The van der Waals surface area contributed by atoms with E-state index in [0.717, 1.165) is 25.1 Å². The zero-order chi connectivity index (χ0) is 10.2. The van der Waals surface area contributed by atoms with E-state index in [1.807, 2.05) is 17.7 Å². The van der Waals surface area contributed by atoms with Gasteiger partial charge < -0.3 is 10.8 Å². The summed E-state index contributed by atoms with van der Waals surface area (Å²) in [4.78, 5) is 0. The summed E-state index contributed by atoms with van der Waals surface area (Å²) in [6.07, 6.45) is 4.03. The summed E-state index contributed by atoms with van der Waals surface area (Å²) in [7, 11) is 0. The van der Waals surface area contributed by atoms with Crippen LogP contribution < -0.4 is 5.73 Å². The molecule has 0 bridgehead atoms. The van der Waals surface area contributed by atoms with Crippen molar-refractivity contribution >= 4 is 0 Å². The maximum atomic E-state index is 10.4. The van der Waals surface area contributed by atoms with Gasteiger partial charge in [0, 0.05) is 18.8 Å². The minimum atomic E-state index is -0.744. The molecule has 1 aliphatic carbocycles. The highest BCUT2D eigenvalue weighted by atomic mass is 16.3. The molecule has 1 fully saturated rings. The lowest BCUT2D eigenvalue weighted by atomic mass is 9.97. The SMILES string of the molecule is CCn1nccc1C1(O)CCC(N)C1. The van der Waals surface area contributed by atoms with E-state index in [1.165, 1.54) is 0 Å². The van der Waals surface area contributed by atoms with Crippen molar-refractivity contribution in [3.05, 3.63) is 18.0 Å². The first-order chi connectivity index (χ1) is 6.65. The first-order valence-corrected chi connectivity index (χ1v) is 5.16. The van der Waals surface area contributed by atoms with Crippen LogP contribution in [0.15, 0.2) is 12.3 Å². The third-order valence-electron chi connectivity index (χ3n) is 3.02. The van der Waals surface area contributed by atoms with Crippen LogP contribution in [0.25, 0.3) is 0 Å². The number of hydrogen-bond acceptors (Lipinski definition) is 3. The topological polar surface area (TPSA) is 64.1 Å². The van der Waals surface area contributed by atoms with Crippen molar-refractivity contribution in [2.45, 2.75) is 44.4 Å². The fraction of sp³-hybridized carbons (Fsp3) is 0.700. The number of rotatable bonds is 2. The molecule has 78 valence electrons. The summed E-state index contributed by atoms with van der Waals surface area (Å²) in [5.74, 6) is 0. The predicted octanol–water partition coefficient (Wildman–Crippen LogP) is 0.602. The van der Waals surface area contributed by atoms with Gasteiger partial charge in [0.25, 0.3) is 0 Å². The van der Waals surface area contributed by atoms with E-state index in [4.69, 9.17) is 5.73 Å². The Morgan fingerprint density at radius 2 is 2.57 bits per heavy atom. The van der Waals surface area contributed by atoms with E-state index in [2.05, 4.69) is 5.10 Å². The number of aromatic nitrogens is 2. The molecule has 14 heavy (non-hydrogen) atoms. The second kappa shape index (κ2) is 3.37. The molecule has 2 atom stereocenters. The smallest absolute Gasteiger partial charge is 0.108 e. The van der Waals surface area contributed by atoms with Gasteiger partial charge in [-0.25, -0.2) is 0 Å². The van der Waals surface area contributed by atoms with Crippen LogP contribution in [0, 0.1) is 0 Å². The quantitative estimate of drug-likeness (QED) is 0.726. The molecule has 1 aliphatic rings. The molecule has 3 N–H and O–H groups in total. The Balaban J connectivity index is 2.30. The number of aryl methyl sites for hydroxylation is 1. The minimum absolute atomic E-state index is 0.125. The highest BCUT2D eigenvalue weighted by Gasteiger charge is 2.39. The summed E-state index contributed by atoms with van der Waals surface area (Å²) in [6.45, 7) is 2.81. The third kappa shape index (κ3) is 1.44. The van der Waals surface area contributed by atoms with Gasteiger partial charge in [0.1, 0.15) is 5.60 Å². The van der Waals surface area contributed by atoms with Gasteiger partial charge >= 0.3 is 0 Å². The minimum Gasteiger partial charge on any atom is -0.384 e. The molecule has 1 saturated carbocycles. The average Bonchev–Trinajstić information content (AvgIpc) is 2.73. The zero-order valence-electron chi connectivity index (χ0n) is 8.48. The van der Waals surface area contributed by atoms with Crippen LogP contribution >= 0.6 is 0 Å². The second-order valence-electron chi connectivity index (χ2n) is 4.07. The average molecular weight is 195 g/mol. The summed E-state index contributed by atoms with van der Waals surface area (Å²) in [5, 5.41) is 14.6. The third-order valence-corrected chi connectivity index (χ3v) is 3.02. The Kier molecular flexibility index (Phi) is 2.33. The molecule has 1 heterocycles. The van der Waals surface area contributed by atoms with Crippen LogP contribution in [0.3, 0.4) is 0 Å². The number of hydrogen-bond donors (Lipinski definition) is 2. The van der Waals surface area contributed by atoms with E-state index < -0.39 is 5.60 Å². The van der Waals surface area contributed by atoms with E-state index in [-0.39, 0.29) is 6.04 Å². The van der Waals surface area contributed by atoms with Crippen LogP contribution in [-0.4, -0.2) is 20.9 Å². The van der Waals surface area contributed by atoms with Crippen molar-refractivity contribution in [2.75, 3.05) is 0 Å². The van der Waals surface area contributed by atoms with Crippen LogP contribution in [0.1, 0.15) is 31.9 Å². The molecule has 1 aromatic heterocycles. The maximum Gasteiger partial charge on any atom is 0.108 e. The molecule has 0 aliphatic heterocycles. The van der Waals surface area contributed by atoms with Crippen molar-refractivity contribution in [1.29, 1.82) is 0 Å². The van der Waals surface area contributed by atoms with E-state index in [9.17, 15) is 5.11 Å². The van der Waals surface area contributed by atoms with Crippen molar-refractivity contribution in [3.8, 4) is 0 Å². The van der Waals surface area contributed by atoms with Crippen molar-refractivity contribution < 1.29 is 5.11 Å². The van der Waals surface area contributed by atoms with Crippen LogP contribution in [-0.2, 0) is 12.1 Å². The van der Waals surface area contributed by atoms with Crippen molar-refractivity contribution in [2.24, 2.45) is 5.73 Å². The molecule has 2 rings (SSSR count). The van der Waals surface area contributed by atoms with Gasteiger partial charge in [-0.05, 0) is 32.3 Å². The van der Waals surface area contributed by atoms with Crippen LogP contribution in [0.2, 0.25) is 0 Å². The van der Waals surface area contributed by atoms with Gasteiger partial charge in [0.2, 0.25) is 0 Å². The molecule has 2 unspecified atom stereocenters. The molecule has 4 nitrogen and oxygen atoms in total. The molecule has 0 radical (unpaired) electrons. The van der Waals surface area contributed by atoms with Crippen LogP contribution in [0.4, 0.5) is 0 Å². The highest BCUT2D eigenvalue weighted by molar-refractivity contribution is 5.15. The first-order valence-electron chi connectivity index (χ1n) is 5.16. The lowest BCUT2D eigenvalue weighted by Crippen LogP contribution is -2.28. The Bertz CT molecular complexity index is 323. The zero-order valence-corrected chi connectivity index (χ0v) is 8.48. The van der Waals surface area contributed by atoms with Crippen LogP contribution in [0.5, 0.6) is 0 Å². The lowest BCUT2D eigenvalue weighted by molar-refractivity contribution is 0.0338.